The summed E-state index contributed by atoms with van der Waals surface area (Å²) in [6.07, 6.45) is 2.54. The van der Waals surface area contributed by atoms with E-state index in [0.717, 1.165) is 11.8 Å². The molecule has 2 aromatic rings. The van der Waals surface area contributed by atoms with Crippen LogP contribution in [0.2, 0.25) is 0 Å². The van der Waals surface area contributed by atoms with E-state index in [4.69, 9.17) is 9.52 Å². The second-order valence-corrected chi connectivity index (χ2v) is 3.35. The maximum absolute atomic E-state index is 10.9. The highest BCUT2D eigenvalue weighted by Gasteiger charge is 2.00. The molecule has 0 bridgehead atoms. The Kier molecular flexibility index (Phi) is 2.95. The first-order valence-corrected chi connectivity index (χ1v) is 4.91. The van der Waals surface area contributed by atoms with Crippen molar-refractivity contribution in [2.24, 2.45) is 0 Å². The number of oxazole rings is 1. The van der Waals surface area contributed by atoms with Gasteiger partial charge in [-0.2, -0.15) is 0 Å². The number of carboxylic acids is 1. The quantitative estimate of drug-likeness (QED) is 0.690. The summed E-state index contributed by atoms with van der Waals surface area (Å²) in [5.74, 6) is -1.48. The molecule has 0 aliphatic carbocycles. The van der Waals surface area contributed by atoms with Crippen molar-refractivity contribution in [3.8, 4) is 0 Å². The molecule has 0 saturated carbocycles. The number of H-pyrrole nitrogens is 1. The first-order valence-electron chi connectivity index (χ1n) is 4.91. The van der Waals surface area contributed by atoms with Gasteiger partial charge in [-0.25, -0.2) is 9.59 Å². The Balaban J connectivity index is 2.09. The number of aromatic nitrogens is 1. The molecule has 0 atom stereocenters. The smallest absolute Gasteiger partial charge is 0.417 e. The van der Waals surface area contributed by atoms with Crippen molar-refractivity contribution < 1.29 is 14.3 Å². The number of aromatic amines is 1. The SMILES string of the molecule is O=C(O)/C=C/CNc1ccc2[nH]c(=O)oc2c1. The van der Waals surface area contributed by atoms with Crippen LogP contribution >= 0.6 is 0 Å². The summed E-state index contributed by atoms with van der Waals surface area (Å²) >= 11 is 0. The number of benzene rings is 1. The van der Waals surface area contributed by atoms with E-state index in [-0.39, 0.29) is 0 Å². The van der Waals surface area contributed by atoms with E-state index in [2.05, 4.69) is 10.3 Å². The van der Waals surface area contributed by atoms with Gasteiger partial charge in [-0.1, -0.05) is 6.08 Å². The van der Waals surface area contributed by atoms with Crippen molar-refractivity contribution in [1.82, 2.24) is 4.98 Å². The number of aliphatic carboxylic acids is 1. The third kappa shape index (κ3) is 2.75. The second-order valence-electron chi connectivity index (χ2n) is 3.35. The molecule has 6 heteroatoms. The number of nitrogens with one attached hydrogen (secondary N) is 2. The fourth-order valence-electron chi connectivity index (χ4n) is 1.39. The normalized spacial score (nSPS) is 11.1. The van der Waals surface area contributed by atoms with Gasteiger partial charge >= 0.3 is 11.7 Å². The average Bonchev–Trinajstić information content (AvgIpc) is 2.63. The summed E-state index contributed by atoms with van der Waals surface area (Å²) < 4.78 is 4.89. The first-order chi connectivity index (χ1) is 8.15. The number of hydrogen-bond acceptors (Lipinski definition) is 4. The van der Waals surface area contributed by atoms with Crippen LogP contribution in [0.25, 0.3) is 11.1 Å². The van der Waals surface area contributed by atoms with E-state index in [9.17, 15) is 9.59 Å². The lowest BCUT2D eigenvalue weighted by atomic mass is 10.3. The molecule has 0 amide bonds. The Morgan fingerprint density at radius 3 is 3.12 bits per heavy atom. The highest BCUT2D eigenvalue weighted by atomic mass is 16.4. The Morgan fingerprint density at radius 2 is 2.35 bits per heavy atom. The zero-order valence-corrected chi connectivity index (χ0v) is 8.77. The fraction of sp³-hybridized carbons (Fsp3) is 0.0909. The third-order valence-corrected chi connectivity index (χ3v) is 2.11. The Labute approximate surface area is 95.6 Å². The number of anilines is 1. The van der Waals surface area contributed by atoms with Gasteiger partial charge in [0.05, 0.1) is 5.52 Å². The first kappa shape index (κ1) is 11.0. The van der Waals surface area contributed by atoms with Crippen LogP contribution in [0.15, 0.2) is 39.6 Å². The van der Waals surface area contributed by atoms with Crippen LogP contribution < -0.4 is 11.1 Å². The molecule has 2 rings (SSSR count). The summed E-state index contributed by atoms with van der Waals surface area (Å²) in [4.78, 5) is 23.7. The molecule has 0 saturated heterocycles. The topological polar surface area (TPSA) is 95.3 Å². The van der Waals surface area contributed by atoms with E-state index in [1.165, 1.54) is 6.08 Å². The van der Waals surface area contributed by atoms with Crippen molar-refractivity contribution in [1.29, 1.82) is 0 Å². The van der Waals surface area contributed by atoms with Crippen LogP contribution in [0.5, 0.6) is 0 Å². The van der Waals surface area contributed by atoms with Gasteiger partial charge in [0, 0.05) is 24.4 Å². The van der Waals surface area contributed by atoms with Gasteiger partial charge in [-0.05, 0) is 12.1 Å². The lowest BCUT2D eigenvalue weighted by Gasteiger charge is -2.01. The third-order valence-electron chi connectivity index (χ3n) is 2.11. The summed E-state index contributed by atoms with van der Waals surface area (Å²) in [5.41, 5.74) is 1.83. The number of hydrogen-bond donors (Lipinski definition) is 3. The van der Waals surface area contributed by atoms with Gasteiger partial charge in [-0.3, -0.25) is 4.98 Å². The molecule has 0 aliphatic heterocycles. The Bertz CT molecular complexity index is 624. The molecule has 88 valence electrons. The predicted molar refractivity (Wildman–Crippen MR) is 62.1 cm³/mol. The number of rotatable bonds is 4. The van der Waals surface area contributed by atoms with Crippen LogP contribution in [-0.2, 0) is 4.79 Å². The average molecular weight is 234 g/mol. The molecule has 0 fully saturated rings. The van der Waals surface area contributed by atoms with E-state index in [0.29, 0.717) is 17.6 Å². The van der Waals surface area contributed by atoms with E-state index in [1.54, 1.807) is 18.2 Å². The van der Waals surface area contributed by atoms with Crippen LogP contribution in [-0.4, -0.2) is 22.6 Å². The minimum Gasteiger partial charge on any atom is -0.478 e. The van der Waals surface area contributed by atoms with Crippen LogP contribution in [0, 0.1) is 0 Å². The van der Waals surface area contributed by atoms with Crippen molar-refractivity contribution in [3.05, 3.63) is 40.9 Å². The maximum Gasteiger partial charge on any atom is 0.417 e. The molecule has 0 spiro atoms. The number of carbonyl (C=O) groups is 1. The summed E-state index contributed by atoms with van der Waals surface area (Å²) in [7, 11) is 0. The summed E-state index contributed by atoms with van der Waals surface area (Å²) in [5, 5.41) is 11.4. The molecule has 0 aliphatic rings. The van der Waals surface area contributed by atoms with Crippen molar-refractivity contribution in [3.63, 3.8) is 0 Å². The van der Waals surface area contributed by atoms with Crippen LogP contribution in [0.1, 0.15) is 0 Å². The molecule has 1 heterocycles. The Morgan fingerprint density at radius 1 is 1.53 bits per heavy atom. The molecule has 6 nitrogen and oxygen atoms in total. The molecule has 1 aromatic carbocycles. The standard InChI is InChI=1S/C11H10N2O4/c14-10(15)2-1-5-12-7-3-4-8-9(6-7)17-11(16)13-8/h1-4,6,12H,5H2,(H,13,16)(H,14,15)/b2-1+. The van der Waals surface area contributed by atoms with E-state index < -0.39 is 11.7 Å². The van der Waals surface area contributed by atoms with Crippen LogP contribution in [0.4, 0.5) is 5.69 Å². The monoisotopic (exact) mass is 234 g/mol. The van der Waals surface area contributed by atoms with Gasteiger partial charge < -0.3 is 14.8 Å². The van der Waals surface area contributed by atoms with Crippen molar-refractivity contribution >= 4 is 22.8 Å². The highest BCUT2D eigenvalue weighted by Crippen LogP contribution is 2.15. The minimum atomic E-state index is -0.987. The zero-order valence-electron chi connectivity index (χ0n) is 8.77. The Hall–Kier alpha value is -2.50. The maximum atomic E-state index is 10.9. The van der Waals surface area contributed by atoms with Crippen molar-refractivity contribution in [2.45, 2.75) is 0 Å². The van der Waals surface area contributed by atoms with Gasteiger partial charge in [0.1, 0.15) is 0 Å². The van der Waals surface area contributed by atoms with Gasteiger partial charge in [0.25, 0.3) is 0 Å². The molecule has 0 unspecified atom stereocenters. The second kappa shape index (κ2) is 4.56. The minimum absolute atomic E-state index is 0.381. The largest absolute Gasteiger partial charge is 0.478 e. The molecule has 17 heavy (non-hydrogen) atoms. The summed E-state index contributed by atoms with van der Waals surface area (Å²) in [6.45, 7) is 0.381. The lowest BCUT2D eigenvalue weighted by Crippen LogP contribution is -1.99. The molecular weight excluding hydrogens is 224 g/mol. The molecule has 3 N–H and O–H groups in total. The summed E-state index contributed by atoms with van der Waals surface area (Å²) in [6, 6.07) is 5.15. The fourth-order valence-corrected chi connectivity index (χ4v) is 1.39. The molecular formula is C11H10N2O4. The predicted octanol–water partition coefficient (Wildman–Crippen LogP) is 1.17. The van der Waals surface area contributed by atoms with Gasteiger partial charge in [0.15, 0.2) is 5.58 Å². The molecule has 0 radical (unpaired) electrons. The van der Waals surface area contributed by atoms with Gasteiger partial charge in [0.2, 0.25) is 0 Å². The van der Waals surface area contributed by atoms with Crippen LogP contribution in [0.3, 0.4) is 0 Å². The van der Waals surface area contributed by atoms with Crippen molar-refractivity contribution in [2.75, 3.05) is 11.9 Å². The zero-order chi connectivity index (χ0) is 12.3. The highest BCUT2D eigenvalue weighted by molar-refractivity contribution is 5.80. The van der Waals surface area contributed by atoms with Gasteiger partial charge in [-0.15, -0.1) is 0 Å². The van der Waals surface area contributed by atoms with E-state index in [1.807, 2.05) is 0 Å². The number of carboxylic acid groups (broad SMARTS) is 1. The number of fused-ring (bicyclic) bond motifs is 1. The molecule has 1 aromatic heterocycles. The lowest BCUT2D eigenvalue weighted by molar-refractivity contribution is -0.131. The van der Waals surface area contributed by atoms with E-state index >= 15 is 0 Å².